The third kappa shape index (κ3) is 3.38. The summed E-state index contributed by atoms with van der Waals surface area (Å²) in [5, 5.41) is 0. The zero-order chi connectivity index (χ0) is 14.7. The maximum Gasteiger partial charge on any atom is 0.172 e. The Bertz CT molecular complexity index is 660. The highest BCUT2D eigenvalue weighted by Gasteiger charge is 2.14. The number of Topliss-reactive ketones (excluding diaryl/α,β-unsaturated/α-hetero) is 1. The number of hydrogen-bond donors (Lipinski definition) is 0. The van der Waals surface area contributed by atoms with E-state index in [0.717, 1.165) is 17.7 Å². The van der Waals surface area contributed by atoms with Crippen molar-refractivity contribution in [3.63, 3.8) is 0 Å². The molecule has 0 saturated carbocycles. The molecule has 0 aromatic heterocycles. The van der Waals surface area contributed by atoms with Crippen LogP contribution in [-0.2, 0) is 18.6 Å². The minimum absolute atomic E-state index is 0.253. The molecule has 3 rings (SSSR count). The summed E-state index contributed by atoms with van der Waals surface area (Å²) >= 11 is 1.71. The Hall–Kier alpha value is -1.54. The molecule has 1 aliphatic carbocycles. The predicted octanol–water partition coefficient (Wildman–Crippen LogP) is 4.60. The fourth-order valence-corrected chi connectivity index (χ4v) is 3.85. The molecule has 0 radical (unpaired) electrons. The van der Waals surface area contributed by atoms with E-state index in [2.05, 4.69) is 43.3 Å². The highest BCUT2D eigenvalue weighted by Crippen LogP contribution is 2.24. The Morgan fingerprint density at radius 3 is 2.76 bits per heavy atom. The van der Waals surface area contributed by atoms with E-state index < -0.39 is 0 Å². The lowest BCUT2D eigenvalue weighted by molar-refractivity contribution is 0.102. The summed E-state index contributed by atoms with van der Waals surface area (Å²) in [7, 11) is 0. The van der Waals surface area contributed by atoms with Crippen molar-refractivity contribution in [2.45, 2.75) is 31.9 Å². The second-order valence-corrected chi connectivity index (χ2v) is 6.67. The summed E-state index contributed by atoms with van der Waals surface area (Å²) in [6, 6.07) is 14.6. The molecule has 108 valence electrons. The van der Waals surface area contributed by atoms with Gasteiger partial charge in [-0.2, -0.15) is 0 Å². The second-order valence-electron chi connectivity index (χ2n) is 5.68. The molecule has 0 unspecified atom stereocenters. The normalized spacial score (nSPS) is 13.2. The second kappa shape index (κ2) is 6.48. The van der Waals surface area contributed by atoms with Crippen molar-refractivity contribution >= 4 is 17.5 Å². The summed E-state index contributed by atoms with van der Waals surface area (Å²) in [5.41, 5.74) is 6.32. The minimum Gasteiger partial charge on any atom is -0.293 e. The molecule has 0 aliphatic heterocycles. The van der Waals surface area contributed by atoms with Crippen LogP contribution in [0.25, 0.3) is 0 Å². The standard InChI is InChI=1S/C19H20OS/c1-14-5-2-3-6-18(14)12-21-13-19(20)17-10-9-15-7-4-8-16(15)11-17/h2-3,5-6,9-11H,4,7-8,12-13H2,1H3. The number of benzene rings is 2. The summed E-state index contributed by atoms with van der Waals surface area (Å²) in [5.74, 6) is 1.72. The summed E-state index contributed by atoms with van der Waals surface area (Å²) in [6.45, 7) is 2.12. The molecular weight excluding hydrogens is 276 g/mol. The van der Waals surface area contributed by atoms with E-state index >= 15 is 0 Å². The van der Waals surface area contributed by atoms with Crippen LogP contribution in [0.1, 0.15) is 39.0 Å². The summed E-state index contributed by atoms with van der Waals surface area (Å²) < 4.78 is 0. The quantitative estimate of drug-likeness (QED) is 0.750. The lowest BCUT2D eigenvalue weighted by Crippen LogP contribution is -2.04. The molecule has 1 aliphatic rings. The fraction of sp³-hybridized carbons (Fsp3) is 0.316. The predicted molar refractivity (Wildman–Crippen MR) is 90.1 cm³/mol. The first-order valence-corrected chi connectivity index (χ1v) is 8.67. The van der Waals surface area contributed by atoms with Gasteiger partial charge in [0.1, 0.15) is 0 Å². The number of carbonyl (C=O) groups is 1. The van der Waals surface area contributed by atoms with Gasteiger partial charge in [0, 0.05) is 11.3 Å². The molecule has 0 heterocycles. The zero-order valence-corrected chi connectivity index (χ0v) is 13.2. The van der Waals surface area contributed by atoms with Gasteiger partial charge < -0.3 is 0 Å². The van der Waals surface area contributed by atoms with Crippen molar-refractivity contribution in [3.05, 3.63) is 70.3 Å². The third-order valence-electron chi connectivity index (χ3n) is 4.17. The summed E-state index contributed by atoms with van der Waals surface area (Å²) in [6.07, 6.45) is 3.54. The average Bonchev–Trinajstić information content (AvgIpc) is 2.96. The van der Waals surface area contributed by atoms with Gasteiger partial charge in [0.25, 0.3) is 0 Å². The lowest BCUT2D eigenvalue weighted by atomic mass is 10.0. The number of fused-ring (bicyclic) bond motifs is 1. The van der Waals surface area contributed by atoms with Crippen LogP contribution < -0.4 is 0 Å². The first-order chi connectivity index (χ1) is 10.2. The van der Waals surface area contributed by atoms with Gasteiger partial charge in [0.15, 0.2) is 5.78 Å². The summed E-state index contributed by atoms with van der Waals surface area (Å²) in [4.78, 5) is 12.3. The molecule has 2 aromatic carbocycles. The minimum atomic E-state index is 0.253. The monoisotopic (exact) mass is 296 g/mol. The van der Waals surface area contributed by atoms with Gasteiger partial charge in [-0.1, -0.05) is 36.4 Å². The maximum absolute atomic E-state index is 12.3. The van der Waals surface area contributed by atoms with Gasteiger partial charge in [-0.25, -0.2) is 0 Å². The van der Waals surface area contributed by atoms with Crippen LogP contribution in [0.5, 0.6) is 0 Å². The molecule has 0 bridgehead atoms. The number of thioether (sulfide) groups is 1. The van der Waals surface area contributed by atoms with E-state index in [1.165, 1.54) is 35.1 Å². The number of aryl methyl sites for hydroxylation is 3. The lowest BCUT2D eigenvalue weighted by Gasteiger charge is -2.06. The van der Waals surface area contributed by atoms with Crippen LogP contribution in [0.3, 0.4) is 0 Å². The van der Waals surface area contributed by atoms with Crippen molar-refractivity contribution in [1.82, 2.24) is 0 Å². The Balaban J connectivity index is 1.58. The number of rotatable bonds is 5. The van der Waals surface area contributed by atoms with Gasteiger partial charge in [-0.05, 0) is 54.5 Å². The van der Waals surface area contributed by atoms with Gasteiger partial charge >= 0.3 is 0 Å². The Kier molecular flexibility index (Phi) is 4.45. The topological polar surface area (TPSA) is 17.1 Å². The molecule has 0 N–H and O–H groups in total. The van der Waals surface area contributed by atoms with Crippen LogP contribution in [0.2, 0.25) is 0 Å². The molecular formula is C19H20OS. The Morgan fingerprint density at radius 1 is 1.10 bits per heavy atom. The van der Waals surface area contributed by atoms with Crippen LogP contribution in [0.15, 0.2) is 42.5 Å². The number of ketones is 1. The van der Waals surface area contributed by atoms with Gasteiger partial charge in [0.2, 0.25) is 0 Å². The highest BCUT2D eigenvalue weighted by atomic mass is 32.2. The van der Waals surface area contributed by atoms with Crippen LogP contribution in [-0.4, -0.2) is 11.5 Å². The van der Waals surface area contributed by atoms with Gasteiger partial charge in [-0.3, -0.25) is 4.79 Å². The molecule has 1 nitrogen and oxygen atoms in total. The SMILES string of the molecule is Cc1ccccc1CSCC(=O)c1ccc2c(c1)CCC2. The molecule has 0 amide bonds. The number of hydrogen-bond acceptors (Lipinski definition) is 2. The van der Waals surface area contributed by atoms with Crippen LogP contribution in [0.4, 0.5) is 0 Å². The van der Waals surface area contributed by atoms with Crippen molar-refractivity contribution < 1.29 is 4.79 Å². The molecule has 2 aromatic rings. The maximum atomic E-state index is 12.3. The van der Waals surface area contributed by atoms with E-state index in [4.69, 9.17) is 0 Å². The van der Waals surface area contributed by atoms with Crippen molar-refractivity contribution in [1.29, 1.82) is 0 Å². The third-order valence-corrected chi connectivity index (χ3v) is 5.15. The van der Waals surface area contributed by atoms with E-state index in [9.17, 15) is 4.79 Å². The van der Waals surface area contributed by atoms with Crippen LogP contribution >= 0.6 is 11.8 Å². The first kappa shape index (κ1) is 14.4. The molecule has 21 heavy (non-hydrogen) atoms. The Labute approximate surface area is 130 Å². The Morgan fingerprint density at radius 2 is 1.90 bits per heavy atom. The highest BCUT2D eigenvalue weighted by molar-refractivity contribution is 7.99. The average molecular weight is 296 g/mol. The molecule has 2 heteroatoms. The first-order valence-electron chi connectivity index (χ1n) is 7.51. The van der Waals surface area contributed by atoms with E-state index in [1.807, 2.05) is 6.07 Å². The fourth-order valence-electron chi connectivity index (χ4n) is 2.85. The molecule has 0 fully saturated rings. The molecule has 0 saturated heterocycles. The van der Waals surface area contributed by atoms with Gasteiger partial charge in [0.05, 0.1) is 5.75 Å². The molecule has 0 spiro atoms. The van der Waals surface area contributed by atoms with Crippen molar-refractivity contribution in [2.75, 3.05) is 5.75 Å². The van der Waals surface area contributed by atoms with E-state index in [-0.39, 0.29) is 5.78 Å². The number of carbonyl (C=O) groups excluding carboxylic acids is 1. The largest absolute Gasteiger partial charge is 0.293 e. The van der Waals surface area contributed by atoms with Crippen molar-refractivity contribution in [3.8, 4) is 0 Å². The van der Waals surface area contributed by atoms with Gasteiger partial charge in [-0.15, -0.1) is 11.8 Å². The molecule has 0 atom stereocenters. The van der Waals surface area contributed by atoms with E-state index in [0.29, 0.717) is 5.75 Å². The van der Waals surface area contributed by atoms with Crippen molar-refractivity contribution in [2.24, 2.45) is 0 Å². The smallest absolute Gasteiger partial charge is 0.172 e. The van der Waals surface area contributed by atoms with Crippen LogP contribution in [0, 0.1) is 6.92 Å². The van der Waals surface area contributed by atoms with E-state index in [1.54, 1.807) is 11.8 Å². The zero-order valence-electron chi connectivity index (χ0n) is 12.4.